The Morgan fingerprint density at radius 1 is 1.23 bits per heavy atom. The molecule has 0 aliphatic carbocycles. The smallest absolute Gasteiger partial charge is 0.244 e. The van der Waals surface area contributed by atoms with Crippen LogP contribution < -0.4 is 5.32 Å². The van der Waals surface area contributed by atoms with Crippen LogP contribution in [0, 0.1) is 13.8 Å². The number of para-hydroxylation sites is 1. The van der Waals surface area contributed by atoms with E-state index >= 15 is 0 Å². The van der Waals surface area contributed by atoms with Crippen LogP contribution in [0.1, 0.15) is 34.0 Å². The Bertz CT molecular complexity index is 1000. The molecule has 0 saturated carbocycles. The maximum Gasteiger partial charge on any atom is 0.244 e. The van der Waals surface area contributed by atoms with Crippen molar-refractivity contribution in [3.63, 3.8) is 0 Å². The van der Waals surface area contributed by atoms with Gasteiger partial charge in [0.05, 0.1) is 11.2 Å². The molecule has 2 aromatic carbocycles. The summed E-state index contributed by atoms with van der Waals surface area (Å²) in [4.78, 5) is 24.0. The first kappa shape index (κ1) is 18.4. The molecular formula is C21H21BrN2O2. The third-order valence-corrected chi connectivity index (χ3v) is 5.35. The van der Waals surface area contributed by atoms with Crippen molar-refractivity contribution in [3.8, 4) is 0 Å². The topological polar surface area (TPSA) is 51.1 Å². The summed E-state index contributed by atoms with van der Waals surface area (Å²) in [5, 5.41) is 3.85. The minimum Gasteiger partial charge on any atom is -0.337 e. The van der Waals surface area contributed by atoms with E-state index in [4.69, 9.17) is 0 Å². The third kappa shape index (κ3) is 3.44. The SMILES string of the molecule is CCc1cccc2c(C=O)cn(CC(=O)Nc3cc(C)c(C)cc3Br)c12. The maximum atomic E-state index is 12.6. The molecule has 0 bridgehead atoms. The van der Waals surface area contributed by atoms with Gasteiger partial charge in [-0.05, 0) is 65.0 Å². The van der Waals surface area contributed by atoms with Gasteiger partial charge in [-0.15, -0.1) is 0 Å². The molecule has 134 valence electrons. The van der Waals surface area contributed by atoms with Gasteiger partial charge < -0.3 is 9.88 Å². The molecule has 3 aromatic rings. The fourth-order valence-corrected chi connectivity index (χ4v) is 3.75. The fraction of sp³-hybridized carbons (Fsp3) is 0.238. The number of aryl methyl sites for hydroxylation is 3. The number of hydrogen-bond donors (Lipinski definition) is 1. The molecule has 1 N–H and O–H groups in total. The van der Waals surface area contributed by atoms with E-state index in [-0.39, 0.29) is 12.5 Å². The van der Waals surface area contributed by atoms with Gasteiger partial charge >= 0.3 is 0 Å². The van der Waals surface area contributed by atoms with Crippen LogP contribution in [0.3, 0.4) is 0 Å². The van der Waals surface area contributed by atoms with Crippen molar-refractivity contribution in [2.75, 3.05) is 5.32 Å². The Morgan fingerprint density at radius 2 is 1.96 bits per heavy atom. The minimum absolute atomic E-state index is 0.130. The van der Waals surface area contributed by atoms with E-state index in [9.17, 15) is 9.59 Å². The number of amides is 1. The van der Waals surface area contributed by atoms with Gasteiger partial charge in [-0.1, -0.05) is 25.1 Å². The van der Waals surface area contributed by atoms with Crippen molar-refractivity contribution in [1.29, 1.82) is 0 Å². The maximum absolute atomic E-state index is 12.6. The van der Waals surface area contributed by atoms with E-state index in [0.717, 1.165) is 50.5 Å². The molecule has 0 fully saturated rings. The Labute approximate surface area is 161 Å². The highest BCUT2D eigenvalue weighted by atomic mass is 79.9. The highest BCUT2D eigenvalue weighted by Gasteiger charge is 2.14. The number of rotatable bonds is 5. The first-order chi connectivity index (χ1) is 12.4. The minimum atomic E-state index is -0.130. The van der Waals surface area contributed by atoms with Crippen LogP contribution in [0.4, 0.5) is 5.69 Å². The number of aldehydes is 1. The Hall–Kier alpha value is -2.40. The summed E-state index contributed by atoms with van der Waals surface area (Å²) < 4.78 is 2.72. The Morgan fingerprint density at radius 3 is 2.65 bits per heavy atom. The Balaban J connectivity index is 1.93. The summed E-state index contributed by atoms with van der Waals surface area (Å²) in [6.07, 6.45) is 3.44. The summed E-state index contributed by atoms with van der Waals surface area (Å²) in [7, 11) is 0. The van der Waals surface area contributed by atoms with E-state index in [2.05, 4.69) is 28.2 Å². The molecule has 4 nitrogen and oxygen atoms in total. The van der Waals surface area contributed by atoms with Gasteiger partial charge in [0, 0.05) is 21.6 Å². The summed E-state index contributed by atoms with van der Waals surface area (Å²) in [6, 6.07) is 9.86. The molecule has 0 spiro atoms. The highest BCUT2D eigenvalue weighted by molar-refractivity contribution is 9.10. The molecule has 0 aliphatic heterocycles. The number of benzene rings is 2. The second-order valence-corrected chi connectivity index (χ2v) is 7.32. The normalized spacial score (nSPS) is 10.9. The molecule has 0 aliphatic rings. The van der Waals surface area contributed by atoms with Crippen LogP contribution in [-0.2, 0) is 17.8 Å². The van der Waals surface area contributed by atoms with Crippen LogP contribution >= 0.6 is 15.9 Å². The molecule has 0 saturated heterocycles. The molecule has 1 aromatic heterocycles. The highest BCUT2D eigenvalue weighted by Crippen LogP contribution is 2.27. The molecule has 1 amide bonds. The van der Waals surface area contributed by atoms with Crippen molar-refractivity contribution in [1.82, 2.24) is 4.57 Å². The predicted molar refractivity (Wildman–Crippen MR) is 109 cm³/mol. The monoisotopic (exact) mass is 412 g/mol. The average Bonchev–Trinajstić information content (AvgIpc) is 2.97. The summed E-state index contributed by atoms with van der Waals surface area (Å²) >= 11 is 3.51. The fourth-order valence-electron chi connectivity index (χ4n) is 3.19. The third-order valence-electron chi connectivity index (χ3n) is 4.69. The second kappa shape index (κ2) is 7.46. The van der Waals surface area contributed by atoms with Crippen LogP contribution in [0.5, 0.6) is 0 Å². The number of halogens is 1. The lowest BCUT2D eigenvalue weighted by Gasteiger charge is -2.12. The molecule has 5 heteroatoms. The largest absolute Gasteiger partial charge is 0.337 e. The van der Waals surface area contributed by atoms with Crippen molar-refractivity contribution >= 4 is 44.7 Å². The van der Waals surface area contributed by atoms with Crippen LogP contribution in [0.15, 0.2) is 41.0 Å². The molecule has 3 rings (SSSR count). The number of anilines is 1. The van der Waals surface area contributed by atoms with E-state index in [0.29, 0.717) is 5.56 Å². The Kier molecular flexibility index (Phi) is 5.28. The zero-order valence-corrected chi connectivity index (χ0v) is 16.7. The summed E-state index contributed by atoms with van der Waals surface area (Å²) in [6.45, 7) is 6.27. The van der Waals surface area contributed by atoms with Crippen LogP contribution in [-0.4, -0.2) is 16.8 Å². The average molecular weight is 413 g/mol. The number of fused-ring (bicyclic) bond motifs is 1. The van der Waals surface area contributed by atoms with E-state index in [1.54, 1.807) is 6.20 Å². The lowest BCUT2D eigenvalue weighted by atomic mass is 10.1. The number of nitrogens with one attached hydrogen (secondary N) is 1. The number of nitrogens with zero attached hydrogens (tertiary/aromatic N) is 1. The van der Waals surface area contributed by atoms with Crippen LogP contribution in [0.2, 0.25) is 0 Å². The zero-order chi connectivity index (χ0) is 18.8. The molecule has 0 atom stereocenters. The van der Waals surface area contributed by atoms with E-state index in [1.165, 1.54) is 0 Å². The van der Waals surface area contributed by atoms with Crippen molar-refractivity contribution in [2.24, 2.45) is 0 Å². The molecule has 1 heterocycles. The van der Waals surface area contributed by atoms with Gasteiger partial charge in [0.25, 0.3) is 0 Å². The van der Waals surface area contributed by atoms with Gasteiger partial charge in [-0.3, -0.25) is 9.59 Å². The standard InChI is InChI=1S/C21H21BrN2O2/c1-4-15-6-5-7-17-16(12-25)10-24(21(15)17)11-20(26)23-19-9-14(3)13(2)8-18(19)22/h5-10,12H,4,11H2,1-3H3,(H,23,26). The first-order valence-corrected chi connectivity index (χ1v) is 9.36. The van der Waals surface area contributed by atoms with Crippen LogP contribution in [0.25, 0.3) is 10.9 Å². The summed E-state index contributed by atoms with van der Waals surface area (Å²) in [5.41, 5.74) is 5.71. The molecular weight excluding hydrogens is 392 g/mol. The van der Waals surface area contributed by atoms with Crippen molar-refractivity contribution in [3.05, 3.63) is 63.3 Å². The number of carbonyl (C=O) groups is 2. The summed E-state index contributed by atoms with van der Waals surface area (Å²) in [5.74, 6) is -0.130. The van der Waals surface area contributed by atoms with E-state index < -0.39 is 0 Å². The molecule has 0 unspecified atom stereocenters. The quantitative estimate of drug-likeness (QED) is 0.597. The lowest BCUT2D eigenvalue weighted by Crippen LogP contribution is -2.19. The van der Waals surface area contributed by atoms with Gasteiger partial charge in [0.15, 0.2) is 6.29 Å². The number of carbonyl (C=O) groups excluding carboxylic acids is 2. The van der Waals surface area contributed by atoms with Gasteiger partial charge in [0.1, 0.15) is 6.54 Å². The number of aromatic nitrogens is 1. The first-order valence-electron chi connectivity index (χ1n) is 8.57. The zero-order valence-electron chi connectivity index (χ0n) is 15.1. The van der Waals surface area contributed by atoms with Crippen molar-refractivity contribution in [2.45, 2.75) is 33.7 Å². The predicted octanol–water partition coefficient (Wildman–Crippen LogP) is 5.03. The van der Waals surface area contributed by atoms with Gasteiger partial charge in [-0.2, -0.15) is 0 Å². The second-order valence-electron chi connectivity index (χ2n) is 6.46. The number of hydrogen-bond acceptors (Lipinski definition) is 2. The van der Waals surface area contributed by atoms with Gasteiger partial charge in [-0.25, -0.2) is 0 Å². The van der Waals surface area contributed by atoms with Gasteiger partial charge in [0.2, 0.25) is 5.91 Å². The van der Waals surface area contributed by atoms with E-state index in [1.807, 2.05) is 48.7 Å². The molecule has 26 heavy (non-hydrogen) atoms. The lowest BCUT2D eigenvalue weighted by molar-refractivity contribution is -0.116. The van der Waals surface area contributed by atoms with Crippen molar-refractivity contribution < 1.29 is 9.59 Å². The molecule has 0 radical (unpaired) electrons.